The van der Waals surface area contributed by atoms with E-state index in [-0.39, 0.29) is 24.0 Å². The molecule has 3 aliphatic rings. The van der Waals surface area contributed by atoms with Gasteiger partial charge in [-0.15, -0.1) is 24.0 Å². The van der Waals surface area contributed by atoms with Crippen LogP contribution in [0.5, 0.6) is 0 Å². The summed E-state index contributed by atoms with van der Waals surface area (Å²) in [6.45, 7) is 7.26. The Morgan fingerprint density at radius 3 is 2.65 bits per heavy atom. The number of aromatic nitrogens is 2. The van der Waals surface area contributed by atoms with E-state index in [2.05, 4.69) is 34.1 Å². The maximum absolute atomic E-state index is 6.17. The first kappa shape index (κ1) is 24.8. The number of rotatable bonds is 7. The number of hydrogen-bond donors (Lipinski definition) is 1. The molecule has 1 N–H and O–H groups in total. The summed E-state index contributed by atoms with van der Waals surface area (Å²) >= 11 is 0. The summed E-state index contributed by atoms with van der Waals surface area (Å²) in [6, 6.07) is 2.72. The first-order valence-corrected chi connectivity index (χ1v) is 12.1. The average Bonchev–Trinajstić information content (AvgIpc) is 3.48. The van der Waals surface area contributed by atoms with E-state index in [0.29, 0.717) is 24.8 Å². The molecule has 2 saturated heterocycles. The molecule has 1 aromatic rings. The van der Waals surface area contributed by atoms with Crippen molar-refractivity contribution in [2.45, 2.75) is 89.5 Å². The topological polar surface area (TPSA) is 63.9 Å². The van der Waals surface area contributed by atoms with Gasteiger partial charge in [0, 0.05) is 32.4 Å². The third-order valence-corrected chi connectivity index (χ3v) is 6.62. The minimum Gasteiger partial charge on any atom is -0.376 e. The van der Waals surface area contributed by atoms with Gasteiger partial charge in [-0.05, 0) is 57.9 Å². The van der Waals surface area contributed by atoms with E-state index in [1.807, 2.05) is 0 Å². The molecule has 1 aromatic heterocycles. The second-order valence-corrected chi connectivity index (χ2v) is 8.90. The van der Waals surface area contributed by atoms with Crippen LogP contribution in [0.1, 0.15) is 76.4 Å². The van der Waals surface area contributed by atoms with E-state index in [9.17, 15) is 0 Å². The van der Waals surface area contributed by atoms with E-state index in [1.54, 1.807) is 0 Å². The van der Waals surface area contributed by atoms with Crippen molar-refractivity contribution in [3.63, 3.8) is 0 Å². The van der Waals surface area contributed by atoms with Crippen molar-refractivity contribution in [1.29, 1.82) is 0 Å². The highest BCUT2D eigenvalue weighted by Gasteiger charge is 2.24. The number of guanidine groups is 1. The molecule has 0 amide bonds. The lowest BCUT2D eigenvalue weighted by molar-refractivity contribution is -0.0721. The van der Waals surface area contributed by atoms with Gasteiger partial charge >= 0.3 is 0 Å². The van der Waals surface area contributed by atoms with E-state index in [4.69, 9.17) is 19.6 Å². The van der Waals surface area contributed by atoms with Gasteiger partial charge in [0.25, 0.3) is 0 Å². The van der Waals surface area contributed by atoms with E-state index in [0.717, 1.165) is 63.8 Å². The first-order valence-electron chi connectivity index (χ1n) is 12.1. The zero-order valence-electron chi connectivity index (χ0n) is 19.0. The van der Waals surface area contributed by atoms with Gasteiger partial charge in [-0.3, -0.25) is 4.68 Å². The summed E-state index contributed by atoms with van der Waals surface area (Å²) in [4.78, 5) is 7.26. The molecule has 8 heteroatoms. The second-order valence-electron chi connectivity index (χ2n) is 8.90. The Bertz CT molecular complexity index is 663. The molecule has 31 heavy (non-hydrogen) atoms. The molecule has 3 heterocycles. The maximum Gasteiger partial charge on any atom is 0.194 e. The highest BCUT2D eigenvalue weighted by atomic mass is 127. The van der Waals surface area contributed by atoms with Crippen molar-refractivity contribution in [3.8, 4) is 0 Å². The number of ether oxygens (including phenoxy) is 2. The van der Waals surface area contributed by atoms with Crippen LogP contribution in [0.3, 0.4) is 0 Å². The van der Waals surface area contributed by atoms with E-state index in [1.165, 1.54) is 38.5 Å². The molecule has 0 aromatic carbocycles. The van der Waals surface area contributed by atoms with Crippen molar-refractivity contribution >= 4 is 29.9 Å². The van der Waals surface area contributed by atoms with Crippen LogP contribution in [0.4, 0.5) is 0 Å². The third-order valence-electron chi connectivity index (χ3n) is 6.62. The van der Waals surface area contributed by atoms with Crippen LogP contribution in [0.2, 0.25) is 0 Å². The van der Waals surface area contributed by atoms with Gasteiger partial charge in [0.1, 0.15) is 0 Å². The summed E-state index contributed by atoms with van der Waals surface area (Å²) in [6.07, 6.45) is 13.7. The Morgan fingerprint density at radius 2 is 1.94 bits per heavy atom. The molecular formula is C23H40IN5O2. The van der Waals surface area contributed by atoms with Crippen molar-refractivity contribution in [2.75, 3.05) is 32.8 Å². The van der Waals surface area contributed by atoms with Crippen LogP contribution in [0.15, 0.2) is 17.3 Å². The van der Waals surface area contributed by atoms with E-state index < -0.39 is 0 Å². The summed E-state index contributed by atoms with van der Waals surface area (Å²) in [5.41, 5.74) is 1.06. The molecule has 0 radical (unpaired) electrons. The van der Waals surface area contributed by atoms with Crippen LogP contribution < -0.4 is 5.32 Å². The van der Waals surface area contributed by atoms with Gasteiger partial charge in [-0.1, -0.05) is 12.8 Å². The number of hydrogen-bond acceptors (Lipinski definition) is 4. The number of piperidine rings is 1. The normalized spacial score (nSPS) is 23.7. The lowest BCUT2D eigenvalue weighted by atomic mass is 10.1. The summed E-state index contributed by atoms with van der Waals surface area (Å²) in [5.74, 6) is 1.00. The molecule has 0 bridgehead atoms. The van der Waals surface area contributed by atoms with Crippen LogP contribution in [-0.2, 0) is 16.0 Å². The molecule has 1 atom stereocenters. The maximum atomic E-state index is 6.17. The molecule has 1 unspecified atom stereocenters. The summed E-state index contributed by atoms with van der Waals surface area (Å²) < 4.78 is 14.1. The van der Waals surface area contributed by atoms with Gasteiger partial charge in [0.15, 0.2) is 5.96 Å². The Kier molecular flexibility index (Phi) is 10.4. The Hall–Kier alpha value is -0.870. The molecule has 1 aliphatic carbocycles. The Balaban J connectivity index is 0.00000272. The molecule has 1 saturated carbocycles. The highest BCUT2D eigenvalue weighted by molar-refractivity contribution is 14.0. The van der Waals surface area contributed by atoms with Crippen LogP contribution >= 0.6 is 24.0 Å². The minimum atomic E-state index is 0. The Labute approximate surface area is 204 Å². The van der Waals surface area contributed by atoms with Crippen LogP contribution in [-0.4, -0.2) is 65.7 Å². The van der Waals surface area contributed by atoms with Crippen LogP contribution in [0.25, 0.3) is 0 Å². The second kappa shape index (κ2) is 13.0. The lowest BCUT2D eigenvalue weighted by Crippen LogP contribution is -2.47. The third kappa shape index (κ3) is 7.32. The monoisotopic (exact) mass is 545 g/mol. The molecule has 0 spiro atoms. The largest absolute Gasteiger partial charge is 0.376 e. The molecule has 7 nitrogen and oxygen atoms in total. The fourth-order valence-corrected chi connectivity index (χ4v) is 4.83. The van der Waals surface area contributed by atoms with Gasteiger partial charge in [-0.2, -0.15) is 5.10 Å². The number of aliphatic imine (C=N–C) groups is 1. The van der Waals surface area contributed by atoms with Gasteiger partial charge < -0.3 is 19.7 Å². The number of nitrogens with zero attached hydrogens (tertiary/aromatic N) is 4. The quantitative estimate of drug-likeness (QED) is 0.317. The first-order chi connectivity index (χ1) is 14.8. The smallest absolute Gasteiger partial charge is 0.194 e. The van der Waals surface area contributed by atoms with Gasteiger partial charge in [-0.25, -0.2) is 4.99 Å². The zero-order valence-corrected chi connectivity index (χ0v) is 21.3. The predicted octanol–water partition coefficient (Wildman–Crippen LogP) is 4.13. The van der Waals surface area contributed by atoms with Crippen molar-refractivity contribution < 1.29 is 9.47 Å². The van der Waals surface area contributed by atoms with Crippen LogP contribution in [0, 0.1) is 0 Å². The van der Waals surface area contributed by atoms with E-state index >= 15 is 0 Å². The molecule has 4 rings (SSSR count). The summed E-state index contributed by atoms with van der Waals surface area (Å²) in [7, 11) is 0. The standard InChI is InChI=1S/C23H39N5O2.HI/c1-2-24-23(25-17-19-10-15-28(26-19)20-7-3-4-8-20)27-13-11-21(12-14-27)30-18-22-9-5-6-16-29-22;/h10,15,20-22H,2-9,11-14,16-18H2,1H3,(H,24,25);1H. The summed E-state index contributed by atoms with van der Waals surface area (Å²) in [5, 5.41) is 8.25. The van der Waals surface area contributed by atoms with Gasteiger partial charge in [0.2, 0.25) is 0 Å². The molecular weight excluding hydrogens is 505 g/mol. The predicted molar refractivity (Wildman–Crippen MR) is 134 cm³/mol. The molecule has 3 fully saturated rings. The molecule has 2 aliphatic heterocycles. The Morgan fingerprint density at radius 1 is 1.16 bits per heavy atom. The lowest BCUT2D eigenvalue weighted by Gasteiger charge is -2.35. The zero-order chi connectivity index (χ0) is 20.6. The van der Waals surface area contributed by atoms with Crippen molar-refractivity contribution in [2.24, 2.45) is 4.99 Å². The number of nitrogens with one attached hydrogen (secondary N) is 1. The van der Waals surface area contributed by atoms with Crippen molar-refractivity contribution in [1.82, 2.24) is 20.0 Å². The fourth-order valence-electron chi connectivity index (χ4n) is 4.83. The van der Waals surface area contributed by atoms with Crippen molar-refractivity contribution in [3.05, 3.63) is 18.0 Å². The minimum absolute atomic E-state index is 0. The average molecular weight is 546 g/mol. The SMILES string of the molecule is CCNC(=NCc1ccn(C2CCCC2)n1)N1CCC(OCC2CCCCO2)CC1.I. The van der Waals surface area contributed by atoms with Gasteiger partial charge in [0.05, 0.1) is 37.1 Å². The molecule has 176 valence electrons. The number of likely N-dealkylation sites (tertiary alicyclic amines) is 1. The fraction of sp³-hybridized carbons (Fsp3) is 0.826. The highest BCUT2D eigenvalue weighted by Crippen LogP contribution is 2.28. The number of halogens is 1.